The van der Waals surface area contributed by atoms with E-state index in [0.29, 0.717) is 37.0 Å². The SMILES string of the molecule is CN1CC(C(=O)N2CC(Oc3ncccc3Cl)C2)CC1=O. The van der Waals surface area contributed by atoms with Crippen LogP contribution in [0.4, 0.5) is 0 Å². The molecule has 2 aliphatic rings. The number of hydrogen-bond acceptors (Lipinski definition) is 4. The molecule has 0 bridgehead atoms. The number of aromatic nitrogens is 1. The van der Waals surface area contributed by atoms with Crippen molar-refractivity contribution in [3.05, 3.63) is 23.4 Å². The van der Waals surface area contributed by atoms with Crippen molar-refractivity contribution >= 4 is 23.4 Å². The lowest BCUT2D eigenvalue weighted by Crippen LogP contribution is -2.57. The molecule has 0 spiro atoms. The number of likely N-dealkylation sites (tertiary alicyclic amines) is 2. The summed E-state index contributed by atoms with van der Waals surface area (Å²) in [5, 5.41) is 0.463. The van der Waals surface area contributed by atoms with E-state index < -0.39 is 0 Å². The number of ether oxygens (including phenoxy) is 1. The first-order chi connectivity index (χ1) is 10.0. The van der Waals surface area contributed by atoms with E-state index in [9.17, 15) is 9.59 Å². The first kappa shape index (κ1) is 14.1. The summed E-state index contributed by atoms with van der Waals surface area (Å²) in [6, 6.07) is 3.45. The van der Waals surface area contributed by atoms with Gasteiger partial charge < -0.3 is 14.5 Å². The van der Waals surface area contributed by atoms with E-state index in [4.69, 9.17) is 16.3 Å². The largest absolute Gasteiger partial charge is 0.470 e. The molecular formula is C14H16ClN3O3. The topological polar surface area (TPSA) is 62.7 Å². The predicted molar refractivity (Wildman–Crippen MR) is 76.0 cm³/mol. The van der Waals surface area contributed by atoms with Crippen LogP contribution in [0.1, 0.15) is 6.42 Å². The highest BCUT2D eigenvalue weighted by Gasteiger charge is 2.40. The normalized spacial score (nSPS) is 22.4. The fraction of sp³-hybridized carbons (Fsp3) is 0.500. The minimum Gasteiger partial charge on any atom is -0.470 e. The second-order valence-electron chi connectivity index (χ2n) is 5.45. The van der Waals surface area contributed by atoms with Gasteiger partial charge in [-0.3, -0.25) is 9.59 Å². The Bertz CT molecular complexity index is 574. The summed E-state index contributed by atoms with van der Waals surface area (Å²) >= 11 is 5.97. The zero-order valence-corrected chi connectivity index (χ0v) is 12.4. The number of halogens is 1. The first-order valence-corrected chi connectivity index (χ1v) is 7.22. The molecule has 0 aromatic carbocycles. The Balaban J connectivity index is 1.51. The van der Waals surface area contributed by atoms with Gasteiger partial charge in [0, 0.05) is 26.2 Å². The Labute approximate surface area is 127 Å². The number of carbonyl (C=O) groups excluding carboxylic acids is 2. The minimum atomic E-state index is -0.220. The lowest BCUT2D eigenvalue weighted by molar-refractivity contribution is -0.144. The zero-order chi connectivity index (χ0) is 15.0. The third kappa shape index (κ3) is 2.81. The number of carbonyl (C=O) groups is 2. The van der Waals surface area contributed by atoms with E-state index in [1.807, 2.05) is 0 Å². The van der Waals surface area contributed by atoms with Gasteiger partial charge in [0.25, 0.3) is 0 Å². The summed E-state index contributed by atoms with van der Waals surface area (Å²) in [6.45, 7) is 1.53. The van der Waals surface area contributed by atoms with Gasteiger partial charge in [-0.05, 0) is 12.1 Å². The van der Waals surface area contributed by atoms with Crippen molar-refractivity contribution in [2.75, 3.05) is 26.7 Å². The van der Waals surface area contributed by atoms with E-state index in [2.05, 4.69) is 4.98 Å². The van der Waals surface area contributed by atoms with Crippen LogP contribution in [-0.2, 0) is 9.59 Å². The van der Waals surface area contributed by atoms with Gasteiger partial charge in [0.05, 0.1) is 19.0 Å². The lowest BCUT2D eigenvalue weighted by atomic mass is 10.0. The maximum Gasteiger partial charge on any atom is 0.232 e. The highest BCUT2D eigenvalue weighted by molar-refractivity contribution is 6.31. The van der Waals surface area contributed by atoms with Crippen LogP contribution in [0.15, 0.2) is 18.3 Å². The molecule has 2 saturated heterocycles. The van der Waals surface area contributed by atoms with E-state index in [0.717, 1.165) is 0 Å². The molecule has 112 valence electrons. The summed E-state index contributed by atoms with van der Waals surface area (Å²) in [4.78, 5) is 31.1. The lowest BCUT2D eigenvalue weighted by Gasteiger charge is -2.39. The van der Waals surface area contributed by atoms with Gasteiger partial charge in [-0.2, -0.15) is 0 Å². The van der Waals surface area contributed by atoms with E-state index >= 15 is 0 Å². The smallest absolute Gasteiger partial charge is 0.232 e. The summed E-state index contributed by atoms with van der Waals surface area (Å²) in [5.74, 6) is 0.232. The predicted octanol–water partition coefficient (Wildman–Crippen LogP) is 0.803. The van der Waals surface area contributed by atoms with Crippen molar-refractivity contribution in [1.29, 1.82) is 0 Å². The molecule has 0 radical (unpaired) electrons. The van der Waals surface area contributed by atoms with Crippen LogP contribution in [0.3, 0.4) is 0 Å². The van der Waals surface area contributed by atoms with E-state index in [1.165, 1.54) is 0 Å². The summed E-state index contributed by atoms with van der Waals surface area (Å²) < 4.78 is 5.65. The van der Waals surface area contributed by atoms with Crippen molar-refractivity contribution in [3.8, 4) is 5.88 Å². The fourth-order valence-corrected chi connectivity index (χ4v) is 2.76. The molecule has 2 fully saturated rings. The van der Waals surface area contributed by atoms with Gasteiger partial charge in [-0.1, -0.05) is 11.6 Å². The Morgan fingerprint density at radius 3 is 2.81 bits per heavy atom. The van der Waals surface area contributed by atoms with Crippen molar-refractivity contribution in [1.82, 2.24) is 14.8 Å². The van der Waals surface area contributed by atoms with Crippen LogP contribution in [0.5, 0.6) is 5.88 Å². The summed E-state index contributed by atoms with van der Waals surface area (Å²) in [6.07, 6.45) is 1.84. The minimum absolute atomic E-state index is 0.0275. The fourth-order valence-electron chi connectivity index (χ4n) is 2.60. The third-order valence-corrected chi connectivity index (χ3v) is 4.14. The zero-order valence-electron chi connectivity index (χ0n) is 11.7. The van der Waals surface area contributed by atoms with Gasteiger partial charge >= 0.3 is 0 Å². The van der Waals surface area contributed by atoms with Gasteiger partial charge in [0.15, 0.2) is 0 Å². The maximum absolute atomic E-state index is 12.2. The molecule has 7 heteroatoms. The van der Waals surface area contributed by atoms with Crippen molar-refractivity contribution < 1.29 is 14.3 Å². The first-order valence-electron chi connectivity index (χ1n) is 6.84. The number of amides is 2. The van der Waals surface area contributed by atoms with Crippen LogP contribution in [0.2, 0.25) is 5.02 Å². The summed E-state index contributed by atoms with van der Waals surface area (Å²) in [7, 11) is 1.72. The van der Waals surface area contributed by atoms with Gasteiger partial charge in [-0.15, -0.1) is 0 Å². The molecule has 0 N–H and O–H groups in total. The van der Waals surface area contributed by atoms with Crippen molar-refractivity contribution in [3.63, 3.8) is 0 Å². The highest BCUT2D eigenvalue weighted by Crippen LogP contribution is 2.26. The highest BCUT2D eigenvalue weighted by atomic mass is 35.5. The van der Waals surface area contributed by atoms with Gasteiger partial charge in [0.1, 0.15) is 11.1 Å². The van der Waals surface area contributed by atoms with Crippen LogP contribution >= 0.6 is 11.6 Å². The monoisotopic (exact) mass is 309 g/mol. The van der Waals surface area contributed by atoms with Gasteiger partial charge in [-0.25, -0.2) is 4.98 Å². The molecular weight excluding hydrogens is 294 g/mol. The van der Waals surface area contributed by atoms with Gasteiger partial charge in [0.2, 0.25) is 17.7 Å². The molecule has 0 saturated carbocycles. The average molecular weight is 310 g/mol. The standard InChI is InChI=1S/C14H16ClN3O3/c1-17-6-9(5-12(17)19)14(20)18-7-10(8-18)21-13-11(15)3-2-4-16-13/h2-4,9-10H,5-8H2,1H3. The van der Waals surface area contributed by atoms with Crippen molar-refractivity contribution in [2.45, 2.75) is 12.5 Å². The molecule has 21 heavy (non-hydrogen) atoms. The molecule has 2 amide bonds. The summed E-state index contributed by atoms with van der Waals surface area (Å²) in [5.41, 5.74) is 0. The Morgan fingerprint density at radius 1 is 1.43 bits per heavy atom. The van der Waals surface area contributed by atoms with E-state index in [1.54, 1.807) is 35.2 Å². The number of pyridine rings is 1. The van der Waals surface area contributed by atoms with Crippen molar-refractivity contribution in [2.24, 2.45) is 5.92 Å². The molecule has 0 aliphatic carbocycles. The Kier molecular flexibility index (Phi) is 3.71. The number of hydrogen-bond donors (Lipinski definition) is 0. The Morgan fingerprint density at radius 2 is 2.19 bits per heavy atom. The molecule has 6 nitrogen and oxygen atoms in total. The molecule has 2 aliphatic heterocycles. The van der Waals surface area contributed by atoms with Crippen LogP contribution in [-0.4, -0.2) is 59.4 Å². The molecule has 3 heterocycles. The molecule has 1 atom stereocenters. The molecule has 1 aromatic heterocycles. The molecule has 1 aromatic rings. The second kappa shape index (κ2) is 5.52. The quantitative estimate of drug-likeness (QED) is 0.828. The van der Waals surface area contributed by atoms with Crippen LogP contribution < -0.4 is 4.74 Å². The third-order valence-electron chi connectivity index (χ3n) is 3.85. The van der Waals surface area contributed by atoms with Crippen LogP contribution in [0, 0.1) is 5.92 Å². The maximum atomic E-state index is 12.2. The average Bonchev–Trinajstić information content (AvgIpc) is 2.75. The number of nitrogens with zero attached hydrogens (tertiary/aromatic N) is 3. The van der Waals surface area contributed by atoms with Crippen LogP contribution in [0.25, 0.3) is 0 Å². The molecule has 3 rings (SSSR count). The Hall–Kier alpha value is -1.82. The second-order valence-corrected chi connectivity index (χ2v) is 5.86. The number of rotatable bonds is 3. The van der Waals surface area contributed by atoms with E-state index in [-0.39, 0.29) is 23.8 Å². The molecule has 1 unspecified atom stereocenters.